The Labute approximate surface area is 207 Å². The molecule has 0 unspecified atom stereocenters. The number of aliphatic hydroxyl groups is 3. The Morgan fingerprint density at radius 3 is 2.03 bits per heavy atom. The van der Waals surface area contributed by atoms with Crippen LogP contribution < -0.4 is 18.9 Å². The maximum absolute atomic E-state index is 12.1. The lowest BCUT2D eigenvalue weighted by Crippen LogP contribution is -2.53. The fraction of sp³-hybridized carbons (Fsp3) is 0.423. The van der Waals surface area contributed by atoms with Crippen LogP contribution in [0.5, 0.6) is 23.0 Å². The van der Waals surface area contributed by atoms with E-state index in [0.29, 0.717) is 44.2 Å². The first-order valence-electron chi connectivity index (χ1n) is 11.3. The third kappa shape index (κ3) is 3.68. The lowest BCUT2D eigenvalue weighted by Gasteiger charge is -2.40. The second kappa shape index (κ2) is 9.62. The Balaban J connectivity index is 2.15. The van der Waals surface area contributed by atoms with Gasteiger partial charge in [0.05, 0.1) is 39.9 Å². The Morgan fingerprint density at radius 2 is 1.47 bits per heavy atom. The average molecular weight is 503 g/mol. The van der Waals surface area contributed by atoms with Crippen molar-refractivity contribution in [1.29, 1.82) is 0 Å². The second-order valence-corrected chi connectivity index (χ2v) is 8.72. The molecule has 0 aliphatic carbocycles. The van der Waals surface area contributed by atoms with Gasteiger partial charge < -0.3 is 44.1 Å². The normalized spacial score (nSPS) is 24.1. The van der Waals surface area contributed by atoms with E-state index in [2.05, 4.69) is 0 Å². The monoisotopic (exact) mass is 502 g/mol. The number of aromatic carboxylic acids is 1. The zero-order chi connectivity index (χ0) is 26.5. The molecule has 3 aromatic rings. The van der Waals surface area contributed by atoms with Crippen LogP contribution in [0.1, 0.15) is 34.5 Å². The molecule has 10 heteroatoms. The summed E-state index contributed by atoms with van der Waals surface area (Å²) in [5.74, 6) is 0.0832. The van der Waals surface area contributed by atoms with Gasteiger partial charge in [-0.05, 0) is 31.5 Å². The van der Waals surface area contributed by atoms with Gasteiger partial charge in [0.1, 0.15) is 53.0 Å². The number of hydrogen-bond donors (Lipinski definition) is 4. The summed E-state index contributed by atoms with van der Waals surface area (Å²) in [5, 5.41) is 43.3. The first-order chi connectivity index (χ1) is 17.1. The third-order valence-electron chi connectivity index (χ3n) is 6.88. The molecule has 1 aliphatic rings. The number of methoxy groups -OCH3 is 4. The molecular formula is C26H30O10. The summed E-state index contributed by atoms with van der Waals surface area (Å²) in [5.41, 5.74) is 0.805. The number of benzene rings is 3. The number of carboxylic acids is 1. The number of aryl methyl sites for hydroxylation is 1. The van der Waals surface area contributed by atoms with E-state index in [1.54, 1.807) is 32.0 Å². The molecule has 0 spiro atoms. The van der Waals surface area contributed by atoms with E-state index in [4.69, 9.17) is 23.7 Å². The van der Waals surface area contributed by atoms with Crippen molar-refractivity contribution in [3.63, 3.8) is 0 Å². The van der Waals surface area contributed by atoms with Crippen LogP contribution in [0.3, 0.4) is 0 Å². The van der Waals surface area contributed by atoms with Crippen molar-refractivity contribution in [3.05, 3.63) is 34.9 Å². The van der Waals surface area contributed by atoms with Crippen LogP contribution in [0.15, 0.2) is 18.2 Å². The molecule has 5 atom stereocenters. The van der Waals surface area contributed by atoms with Gasteiger partial charge in [0.25, 0.3) is 0 Å². The zero-order valence-electron chi connectivity index (χ0n) is 20.9. The molecule has 1 heterocycles. The van der Waals surface area contributed by atoms with Gasteiger partial charge in [0.2, 0.25) is 0 Å². The number of hydrogen-bond acceptors (Lipinski definition) is 9. The van der Waals surface area contributed by atoms with Crippen molar-refractivity contribution in [3.8, 4) is 23.0 Å². The summed E-state index contributed by atoms with van der Waals surface area (Å²) in [6.07, 6.45) is -5.89. The first kappa shape index (κ1) is 25.8. The van der Waals surface area contributed by atoms with Crippen molar-refractivity contribution in [2.75, 3.05) is 28.4 Å². The number of aliphatic hydroxyl groups excluding tert-OH is 3. The zero-order valence-corrected chi connectivity index (χ0v) is 20.9. The molecule has 194 valence electrons. The first-order valence-corrected chi connectivity index (χ1v) is 11.3. The van der Waals surface area contributed by atoms with Crippen LogP contribution in [-0.4, -0.2) is 79.3 Å². The summed E-state index contributed by atoms with van der Waals surface area (Å²) >= 11 is 0. The smallest absolute Gasteiger partial charge is 0.339 e. The topological polar surface area (TPSA) is 144 Å². The van der Waals surface area contributed by atoms with Crippen molar-refractivity contribution in [1.82, 2.24) is 0 Å². The van der Waals surface area contributed by atoms with Crippen LogP contribution in [0.2, 0.25) is 0 Å². The highest BCUT2D eigenvalue weighted by atomic mass is 16.5. The van der Waals surface area contributed by atoms with E-state index >= 15 is 0 Å². The molecule has 3 aromatic carbocycles. The fourth-order valence-electron chi connectivity index (χ4n) is 5.15. The molecular weight excluding hydrogens is 472 g/mol. The molecule has 0 radical (unpaired) electrons. The van der Waals surface area contributed by atoms with Gasteiger partial charge >= 0.3 is 5.97 Å². The Bertz CT molecular complexity index is 1330. The third-order valence-corrected chi connectivity index (χ3v) is 6.88. The molecule has 0 saturated carbocycles. The van der Waals surface area contributed by atoms with Gasteiger partial charge in [0.15, 0.2) is 0 Å². The predicted molar refractivity (Wildman–Crippen MR) is 131 cm³/mol. The quantitative estimate of drug-likeness (QED) is 0.371. The van der Waals surface area contributed by atoms with E-state index in [0.717, 1.165) is 0 Å². The van der Waals surface area contributed by atoms with Crippen LogP contribution in [0.4, 0.5) is 0 Å². The Hall–Kier alpha value is -3.31. The maximum Gasteiger partial charge on any atom is 0.339 e. The molecule has 0 aromatic heterocycles. The van der Waals surface area contributed by atoms with Gasteiger partial charge in [-0.1, -0.05) is 6.07 Å². The van der Waals surface area contributed by atoms with Gasteiger partial charge in [-0.15, -0.1) is 0 Å². The van der Waals surface area contributed by atoms with Crippen molar-refractivity contribution in [2.45, 2.75) is 44.4 Å². The molecule has 4 rings (SSSR count). The lowest BCUT2D eigenvalue weighted by atomic mass is 9.88. The average Bonchev–Trinajstić information content (AvgIpc) is 2.86. The molecule has 10 nitrogen and oxygen atoms in total. The molecule has 1 fully saturated rings. The number of carbonyl (C=O) groups is 1. The van der Waals surface area contributed by atoms with Gasteiger partial charge in [-0.25, -0.2) is 4.79 Å². The van der Waals surface area contributed by atoms with Crippen LogP contribution >= 0.6 is 0 Å². The Morgan fingerprint density at radius 1 is 0.833 bits per heavy atom. The van der Waals surface area contributed by atoms with Crippen LogP contribution in [-0.2, 0) is 4.74 Å². The number of ether oxygens (including phenoxy) is 5. The molecule has 1 aliphatic heterocycles. The number of carboxylic acid groups (broad SMARTS) is 1. The van der Waals surface area contributed by atoms with E-state index in [-0.39, 0.29) is 17.1 Å². The minimum atomic E-state index is -1.43. The van der Waals surface area contributed by atoms with Crippen molar-refractivity contribution >= 4 is 27.5 Å². The highest BCUT2D eigenvalue weighted by Gasteiger charge is 2.44. The van der Waals surface area contributed by atoms with Crippen LogP contribution in [0, 0.1) is 6.92 Å². The summed E-state index contributed by atoms with van der Waals surface area (Å²) in [6.45, 7) is 3.26. The largest absolute Gasteiger partial charge is 0.496 e. The summed E-state index contributed by atoms with van der Waals surface area (Å²) in [4.78, 5) is 12.1. The van der Waals surface area contributed by atoms with E-state index in [1.807, 2.05) is 0 Å². The standard InChI is InChI=1S/C26H30O10/c1-10-16-14(9-15(32-3)17(10)26(30)31)22(33-4)12-7-8-13(23(34-5)18(12)25(16)35-6)24-21(29)20(28)19(27)11(2)36-24/h7-9,11,19-21,24,27-29H,1-6H3,(H,30,31)/t11-,19+,20+,21-,24+/m0/s1. The maximum atomic E-state index is 12.1. The van der Waals surface area contributed by atoms with Gasteiger partial charge in [0, 0.05) is 21.7 Å². The second-order valence-electron chi connectivity index (χ2n) is 8.72. The van der Waals surface area contributed by atoms with Crippen LogP contribution in [0.25, 0.3) is 21.5 Å². The molecule has 36 heavy (non-hydrogen) atoms. The summed E-state index contributed by atoms with van der Waals surface area (Å²) in [7, 11) is 5.81. The van der Waals surface area contributed by atoms with Gasteiger partial charge in [-0.2, -0.15) is 0 Å². The molecule has 4 N–H and O–H groups in total. The minimum absolute atomic E-state index is 0.0169. The highest BCUT2D eigenvalue weighted by molar-refractivity contribution is 6.16. The van der Waals surface area contributed by atoms with Gasteiger partial charge in [-0.3, -0.25) is 0 Å². The number of rotatable bonds is 6. The number of fused-ring (bicyclic) bond motifs is 2. The Kier molecular flexibility index (Phi) is 6.89. The summed E-state index contributed by atoms with van der Waals surface area (Å²) in [6, 6.07) is 5.04. The fourth-order valence-corrected chi connectivity index (χ4v) is 5.15. The summed E-state index contributed by atoms with van der Waals surface area (Å²) < 4.78 is 28.7. The van der Waals surface area contributed by atoms with E-state index in [9.17, 15) is 25.2 Å². The van der Waals surface area contributed by atoms with Crippen molar-refractivity contribution in [2.24, 2.45) is 0 Å². The minimum Gasteiger partial charge on any atom is -0.496 e. The molecule has 0 bridgehead atoms. The predicted octanol–water partition coefficient (Wildman–Crippen LogP) is 2.58. The lowest BCUT2D eigenvalue weighted by molar-refractivity contribution is -0.219. The molecule has 1 saturated heterocycles. The van der Waals surface area contributed by atoms with E-state index in [1.165, 1.54) is 28.4 Å². The van der Waals surface area contributed by atoms with Crippen molar-refractivity contribution < 1.29 is 48.9 Å². The SMILES string of the molecule is COc1cc2c(OC)c3ccc([C@H]4O[C@@H](C)[C@@H](O)[C@@H](O)[C@@H]4O)c(OC)c3c(OC)c2c(C)c1C(=O)O. The van der Waals surface area contributed by atoms with E-state index < -0.39 is 36.5 Å². The highest BCUT2D eigenvalue weighted by Crippen LogP contribution is 2.52. The molecule has 0 amide bonds.